The second-order valence-corrected chi connectivity index (χ2v) is 6.11. The van der Waals surface area contributed by atoms with Gasteiger partial charge in [0.05, 0.1) is 12.1 Å². The fraction of sp³-hybridized carbons (Fsp3) is 0.0526. The smallest absolute Gasteiger partial charge is 0.255 e. The highest BCUT2D eigenvalue weighted by atomic mass is 35.5. The van der Waals surface area contributed by atoms with E-state index in [0.717, 1.165) is 5.56 Å². The first-order valence-electron chi connectivity index (χ1n) is 8.13. The van der Waals surface area contributed by atoms with Crippen molar-refractivity contribution in [2.24, 2.45) is 0 Å². The van der Waals surface area contributed by atoms with Gasteiger partial charge in [-0.05, 0) is 48.5 Å². The lowest BCUT2D eigenvalue weighted by molar-refractivity contribution is 0.0947. The Morgan fingerprint density at radius 2 is 2.00 bits per heavy atom. The Kier molecular flexibility index (Phi) is 4.67. The largest absolute Gasteiger partial charge is 0.459 e. The molecule has 0 saturated heterocycles. The van der Waals surface area contributed by atoms with Gasteiger partial charge in [0.15, 0.2) is 5.82 Å². The summed E-state index contributed by atoms with van der Waals surface area (Å²) in [5.41, 5.74) is 1.31. The van der Waals surface area contributed by atoms with Crippen molar-refractivity contribution in [3.63, 3.8) is 0 Å². The van der Waals surface area contributed by atoms with Crippen molar-refractivity contribution in [2.45, 2.75) is 6.54 Å². The molecule has 4 rings (SSSR count). The maximum Gasteiger partial charge on any atom is 0.255 e. The Morgan fingerprint density at radius 3 is 2.78 bits per heavy atom. The molecule has 1 amide bonds. The SMILES string of the molecule is O=C(NCc1ccc(-c2ccc(Cl)cc2)o1)c1cccnc1-n1cncn1. The average Bonchev–Trinajstić information content (AvgIpc) is 3.39. The lowest BCUT2D eigenvalue weighted by Crippen LogP contribution is -2.24. The summed E-state index contributed by atoms with van der Waals surface area (Å²) in [5.74, 6) is 1.48. The molecule has 0 bridgehead atoms. The Morgan fingerprint density at radius 1 is 1.15 bits per heavy atom. The predicted molar refractivity (Wildman–Crippen MR) is 99.5 cm³/mol. The standard InChI is InChI=1S/C19H14ClN5O2/c20-14-5-3-13(4-6-14)17-8-7-15(27-17)10-23-19(26)16-2-1-9-22-18(16)25-12-21-11-24-25/h1-9,11-12H,10H2,(H,23,26). The first-order chi connectivity index (χ1) is 13.2. The molecule has 0 fully saturated rings. The van der Waals surface area contributed by atoms with Gasteiger partial charge in [-0.25, -0.2) is 14.6 Å². The van der Waals surface area contributed by atoms with E-state index < -0.39 is 0 Å². The van der Waals surface area contributed by atoms with Crippen LogP contribution in [-0.4, -0.2) is 25.7 Å². The number of carbonyl (C=O) groups is 1. The summed E-state index contributed by atoms with van der Waals surface area (Å²) < 4.78 is 7.24. The minimum absolute atomic E-state index is 0.248. The van der Waals surface area contributed by atoms with E-state index in [9.17, 15) is 4.79 Å². The van der Waals surface area contributed by atoms with Crippen LogP contribution in [0.5, 0.6) is 0 Å². The van der Waals surface area contributed by atoms with Gasteiger partial charge in [0.25, 0.3) is 5.91 Å². The summed E-state index contributed by atoms with van der Waals surface area (Å²) in [5, 5.41) is 7.53. The van der Waals surface area contributed by atoms with E-state index >= 15 is 0 Å². The molecule has 0 saturated carbocycles. The molecule has 1 N–H and O–H groups in total. The van der Waals surface area contributed by atoms with Crippen molar-refractivity contribution in [1.82, 2.24) is 25.1 Å². The van der Waals surface area contributed by atoms with E-state index in [0.29, 0.717) is 27.9 Å². The van der Waals surface area contributed by atoms with E-state index in [1.807, 2.05) is 24.3 Å². The van der Waals surface area contributed by atoms with Crippen molar-refractivity contribution in [2.75, 3.05) is 0 Å². The van der Waals surface area contributed by atoms with Gasteiger partial charge in [0, 0.05) is 16.8 Å². The molecule has 0 atom stereocenters. The first kappa shape index (κ1) is 17.0. The third-order valence-corrected chi connectivity index (χ3v) is 4.13. The minimum atomic E-state index is -0.280. The third-order valence-electron chi connectivity index (χ3n) is 3.88. The maximum absolute atomic E-state index is 12.6. The molecule has 4 aromatic rings. The molecule has 0 radical (unpaired) electrons. The molecule has 134 valence electrons. The molecule has 0 aliphatic carbocycles. The van der Waals surface area contributed by atoms with E-state index in [1.54, 1.807) is 30.5 Å². The minimum Gasteiger partial charge on any atom is -0.459 e. The molecule has 8 heteroatoms. The van der Waals surface area contributed by atoms with Crippen LogP contribution in [0.15, 0.2) is 71.8 Å². The van der Waals surface area contributed by atoms with E-state index in [1.165, 1.54) is 17.3 Å². The zero-order valence-electron chi connectivity index (χ0n) is 14.0. The summed E-state index contributed by atoms with van der Waals surface area (Å²) in [6, 6.07) is 14.4. The average molecular weight is 380 g/mol. The number of aromatic nitrogens is 4. The molecule has 7 nitrogen and oxygen atoms in total. The fourth-order valence-corrected chi connectivity index (χ4v) is 2.71. The van der Waals surface area contributed by atoms with E-state index in [4.69, 9.17) is 16.0 Å². The Labute approximate surface area is 159 Å². The number of hydrogen-bond donors (Lipinski definition) is 1. The third kappa shape index (κ3) is 3.73. The monoisotopic (exact) mass is 379 g/mol. The van der Waals surface area contributed by atoms with Crippen LogP contribution in [-0.2, 0) is 6.54 Å². The van der Waals surface area contributed by atoms with Crippen LogP contribution < -0.4 is 5.32 Å². The Bertz CT molecular complexity index is 1060. The van der Waals surface area contributed by atoms with Crippen molar-refractivity contribution >= 4 is 17.5 Å². The fourth-order valence-electron chi connectivity index (χ4n) is 2.58. The molecule has 0 aliphatic rings. The molecular weight excluding hydrogens is 366 g/mol. The highest BCUT2D eigenvalue weighted by Crippen LogP contribution is 2.23. The molecule has 1 aromatic carbocycles. The van der Waals surface area contributed by atoms with Gasteiger partial charge in [0.2, 0.25) is 0 Å². The number of rotatable bonds is 5. The number of hydrogen-bond acceptors (Lipinski definition) is 5. The number of pyridine rings is 1. The first-order valence-corrected chi connectivity index (χ1v) is 8.51. The Hall–Kier alpha value is -3.45. The predicted octanol–water partition coefficient (Wildman–Crippen LogP) is 3.51. The van der Waals surface area contributed by atoms with Crippen molar-refractivity contribution < 1.29 is 9.21 Å². The molecule has 3 aromatic heterocycles. The highest BCUT2D eigenvalue weighted by molar-refractivity contribution is 6.30. The second kappa shape index (κ2) is 7.43. The number of nitrogens with one attached hydrogen (secondary N) is 1. The molecule has 0 aliphatic heterocycles. The van der Waals surface area contributed by atoms with Gasteiger partial charge in [-0.1, -0.05) is 11.6 Å². The lowest BCUT2D eigenvalue weighted by Gasteiger charge is -2.08. The van der Waals surface area contributed by atoms with Crippen LogP contribution in [0, 0.1) is 0 Å². The van der Waals surface area contributed by atoms with Crippen molar-refractivity contribution in [3.05, 3.63) is 83.7 Å². The van der Waals surface area contributed by atoms with Gasteiger partial charge < -0.3 is 9.73 Å². The van der Waals surface area contributed by atoms with Gasteiger partial charge in [0.1, 0.15) is 24.2 Å². The number of benzene rings is 1. The topological polar surface area (TPSA) is 85.8 Å². The summed E-state index contributed by atoms with van der Waals surface area (Å²) >= 11 is 5.90. The van der Waals surface area contributed by atoms with Gasteiger partial charge in [-0.3, -0.25) is 4.79 Å². The number of nitrogens with zero attached hydrogens (tertiary/aromatic N) is 4. The number of furan rings is 1. The maximum atomic E-state index is 12.6. The second-order valence-electron chi connectivity index (χ2n) is 5.67. The summed E-state index contributed by atoms with van der Waals surface area (Å²) in [6.07, 6.45) is 4.47. The molecule has 3 heterocycles. The van der Waals surface area contributed by atoms with Crippen LogP contribution in [0.25, 0.3) is 17.1 Å². The highest BCUT2D eigenvalue weighted by Gasteiger charge is 2.15. The van der Waals surface area contributed by atoms with E-state index in [2.05, 4.69) is 20.4 Å². The molecule has 0 spiro atoms. The summed E-state index contributed by atoms with van der Waals surface area (Å²) in [4.78, 5) is 20.7. The van der Waals surface area contributed by atoms with Crippen molar-refractivity contribution in [1.29, 1.82) is 0 Å². The lowest BCUT2D eigenvalue weighted by atomic mass is 10.2. The zero-order valence-corrected chi connectivity index (χ0v) is 14.8. The van der Waals surface area contributed by atoms with Crippen molar-refractivity contribution in [3.8, 4) is 17.1 Å². The van der Waals surface area contributed by atoms with Gasteiger partial charge in [-0.2, -0.15) is 5.10 Å². The summed E-state index contributed by atoms with van der Waals surface area (Å²) in [6.45, 7) is 0.248. The Balaban J connectivity index is 1.47. The number of amides is 1. The van der Waals surface area contributed by atoms with E-state index in [-0.39, 0.29) is 12.5 Å². The summed E-state index contributed by atoms with van der Waals surface area (Å²) in [7, 11) is 0. The number of carbonyl (C=O) groups excluding carboxylic acids is 1. The van der Waals surface area contributed by atoms with Crippen LogP contribution >= 0.6 is 11.6 Å². The molecule has 0 unspecified atom stereocenters. The van der Waals surface area contributed by atoms with Crippen LogP contribution in [0.3, 0.4) is 0 Å². The molecular formula is C19H14ClN5O2. The molecule has 27 heavy (non-hydrogen) atoms. The quantitative estimate of drug-likeness (QED) is 0.573. The van der Waals surface area contributed by atoms with Gasteiger partial charge in [-0.15, -0.1) is 0 Å². The van der Waals surface area contributed by atoms with Gasteiger partial charge >= 0.3 is 0 Å². The van der Waals surface area contributed by atoms with Crippen LogP contribution in [0.1, 0.15) is 16.1 Å². The normalized spacial score (nSPS) is 10.7. The van der Waals surface area contributed by atoms with Crippen LogP contribution in [0.2, 0.25) is 5.02 Å². The zero-order chi connectivity index (χ0) is 18.6. The number of halogens is 1. The van der Waals surface area contributed by atoms with Crippen LogP contribution in [0.4, 0.5) is 0 Å².